The van der Waals surface area contributed by atoms with Crippen molar-refractivity contribution in [3.8, 4) is 0 Å². The smallest absolute Gasteiger partial charge is 0.272 e. The van der Waals surface area contributed by atoms with Crippen molar-refractivity contribution in [2.75, 3.05) is 0 Å². The van der Waals surface area contributed by atoms with Crippen LogP contribution in [0.25, 0.3) is 0 Å². The van der Waals surface area contributed by atoms with Gasteiger partial charge in [-0.05, 0) is 27.6 Å². The van der Waals surface area contributed by atoms with Gasteiger partial charge < -0.3 is 0 Å². The molecule has 0 N–H and O–H groups in total. The molecule has 0 aliphatic rings. The van der Waals surface area contributed by atoms with Crippen LogP contribution >= 0.6 is 11.6 Å². The van der Waals surface area contributed by atoms with E-state index in [4.69, 9.17) is 11.6 Å². The third kappa shape index (κ3) is 2.19. The Bertz CT molecular complexity index is 468. The largest absolute Gasteiger partial charge is 0.291 e. The minimum atomic E-state index is -0.657. The average Bonchev–Trinajstić information content (AvgIpc) is 2.67. The first-order valence-electron chi connectivity index (χ1n) is 4.27. The quantitative estimate of drug-likeness (QED) is 0.730. The van der Waals surface area contributed by atoms with E-state index in [0.29, 0.717) is 6.54 Å². The SMILES string of the molecule is O=C(Cl)c1nnnn1Cc1ccccc1. The molecule has 1 aromatic heterocycles. The molecule has 0 bridgehead atoms. The molecule has 0 amide bonds. The van der Waals surface area contributed by atoms with Crippen LogP contribution in [0.2, 0.25) is 0 Å². The molecular formula is C9H7ClN4O. The third-order valence-electron chi connectivity index (χ3n) is 1.88. The predicted molar refractivity (Wildman–Crippen MR) is 53.5 cm³/mol. The van der Waals surface area contributed by atoms with E-state index in [1.54, 1.807) is 0 Å². The van der Waals surface area contributed by atoms with Crippen molar-refractivity contribution in [1.82, 2.24) is 20.2 Å². The van der Waals surface area contributed by atoms with E-state index in [0.717, 1.165) is 5.56 Å². The molecule has 0 spiro atoms. The molecule has 0 unspecified atom stereocenters. The van der Waals surface area contributed by atoms with Crippen LogP contribution in [0.4, 0.5) is 0 Å². The van der Waals surface area contributed by atoms with Crippen molar-refractivity contribution >= 4 is 16.8 Å². The maximum Gasteiger partial charge on any atom is 0.291 e. The summed E-state index contributed by atoms with van der Waals surface area (Å²) in [5, 5.41) is 9.96. The summed E-state index contributed by atoms with van der Waals surface area (Å²) in [6.07, 6.45) is 0. The molecule has 15 heavy (non-hydrogen) atoms. The summed E-state index contributed by atoms with van der Waals surface area (Å²) in [6, 6.07) is 9.56. The molecule has 0 aliphatic heterocycles. The van der Waals surface area contributed by atoms with Crippen LogP contribution in [0.1, 0.15) is 16.2 Å². The average molecular weight is 223 g/mol. The summed E-state index contributed by atoms with van der Waals surface area (Å²) < 4.78 is 1.37. The molecule has 0 saturated carbocycles. The van der Waals surface area contributed by atoms with Gasteiger partial charge in [0, 0.05) is 0 Å². The minimum absolute atomic E-state index is 0.0560. The lowest BCUT2D eigenvalue weighted by molar-refractivity contribution is 0.106. The van der Waals surface area contributed by atoms with Gasteiger partial charge in [0.05, 0.1) is 6.54 Å². The second-order valence-corrected chi connectivity index (χ2v) is 3.26. The lowest BCUT2D eigenvalue weighted by Crippen LogP contribution is -2.09. The Kier molecular flexibility index (Phi) is 2.73. The number of benzene rings is 1. The van der Waals surface area contributed by atoms with Gasteiger partial charge in [0.25, 0.3) is 5.24 Å². The molecule has 5 nitrogen and oxygen atoms in total. The predicted octanol–water partition coefficient (Wildman–Crippen LogP) is 1.10. The summed E-state index contributed by atoms with van der Waals surface area (Å²) >= 11 is 5.31. The number of hydrogen-bond donors (Lipinski definition) is 0. The van der Waals surface area contributed by atoms with Crippen molar-refractivity contribution < 1.29 is 4.79 Å². The van der Waals surface area contributed by atoms with Crippen molar-refractivity contribution in [3.63, 3.8) is 0 Å². The van der Waals surface area contributed by atoms with E-state index < -0.39 is 5.24 Å². The molecule has 2 rings (SSSR count). The summed E-state index contributed by atoms with van der Waals surface area (Å²) in [7, 11) is 0. The molecule has 76 valence electrons. The Balaban J connectivity index is 2.25. The minimum Gasteiger partial charge on any atom is -0.272 e. The summed E-state index contributed by atoms with van der Waals surface area (Å²) in [6.45, 7) is 0.432. The lowest BCUT2D eigenvalue weighted by Gasteiger charge is -2.01. The van der Waals surface area contributed by atoms with Gasteiger partial charge in [-0.1, -0.05) is 30.3 Å². The highest BCUT2D eigenvalue weighted by Gasteiger charge is 2.12. The maximum atomic E-state index is 10.9. The monoisotopic (exact) mass is 222 g/mol. The van der Waals surface area contributed by atoms with Gasteiger partial charge in [0.2, 0.25) is 5.82 Å². The van der Waals surface area contributed by atoms with Crippen molar-refractivity contribution in [2.24, 2.45) is 0 Å². The Morgan fingerprint density at radius 3 is 2.73 bits per heavy atom. The molecule has 0 fully saturated rings. The van der Waals surface area contributed by atoms with Crippen LogP contribution in [0.3, 0.4) is 0 Å². The Morgan fingerprint density at radius 1 is 1.33 bits per heavy atom. The molecular weight excluding hydrogens is 216 g/mol. The highest BCUT2D eigenvalue weighted by atomic mass is 35.5. The molecule has 1 aromatic carbocycles. The van der Waals surface area contributed by atoms with Crippen LogP contribution in [0.15, 0.2) is 30.3 Å². The van der Waals surface area contributed by atoms with E-state index in [1.165, 1.54) is 4.68 Å². The van der Waals surface area contributed by atoms with Gasteiger partial charge in [0.15, 0.2) is 0 Å². The standard InChI is InChI=1S/C9H7ClN4O/c10-8(15)9-11-12-13-14(9)6-7-4-2-1-3-5-7/h1-5H,6H2. The fourth-order valence-electron chi connectivity index (χ4n) is 1.21. The zero-order valence-corrected chi connectivity index (χ0v) is 8.42. The van der Waals surface area contributed by atoms with Gasteiger partial charge in [-0.2, -0.15) is 0 Å². The molecule has 2 aromatic rings. The highest BCUT2D eigenvalue weighted by Crippen LogP contribution is 2.04. The number of halogens is 1. The summed E-state index contributed by atoms with van der Waals surface area (Å²) in [4.78, 5) is 10.9. The Labute approximate surface area is 90.7 Å². The lowest BCUT2D eigenvalue weighted by atomic mass is 10.2. The van der Waals surface area contributed by atoms with Gasteiger partial charge in [-0.15, -0.1) is 5.10 Å². The molecule has 0 aliphatic carbocycles. The Morgan fingerprint density at radius 2 is 2.07 bits per heavy atom. The first-order valence-corrected chi connectivity index (χ1v) is 4.65. The number of carbonyl (C=O) groups is 1. The van der Waals surface area contributed by atoms with Gasteiger partial charge in [-0.3, -0.25) is 4.79 Å². The second kappa shape index (κ2) is 4.18. The van der Waals surface area contributed by atoms with Crippen molar-refractivity contribution in [1.29, 1.82) is 0 Å². The van der Waals surface area contributed by atoms with Gasteiger partial charge >= 0.3 is 0 Å². The van der Waals surface area contributed by atoms with Gasteiger partial charge in [0.1, 0.15) is 0 Å². The Hall–Kier alpha value is -1.75. The molecule has 0 atom stereocenters. The van der Waals surface area contributed by atoms with E-state index in [-0.39, 0.29) is 5.82 Å². The second-order valence-electron chi connectivity index (χ2n) is 2.92. The number of nitrogens with zero attached hydrogens (tertiary/aromatic N) is 4. The van der Waals surface area contributed by atoms with Crippen molar-refractivity contribution in [3.05, 3.63) is 41.7 Å². The third-order valence-corrected chi connectivity index (χ3v) is 2.05. The highest BCUT2D eigenvalue weighted by molar-refractivity contribution is 6.67. The first kappa shape index (κ1) is 9.79. The number of aromatic nitrogens is 4. The zero-order valence-electron chi connectivity index (χ0n) is 7.67. The number of hydrogen-bond acceptors (Lipinski definition) is 4. The summed E-state index contributed by atoms with van der Waals surface area (Å²) in [5.41, 5.74) is 1.00. The maximum absolute atomic E-state index is 10.9. The molecule has 6 heteroatoms. The van der Waals surface area contributed by atoms with E-state index >= 15 is 0 Å². The van der Waals surface area contributed by atoms with Gasteiger partial charge in [-0.25, -0.2) is 4.68 Å². The van der Waals surface area contributed by atoms with E-state index in [9.17, 15) is 4.79 Å². The number of rotatable bonds is 3. The van der Waals surface area contributed by atoms with Crippen molar-refractivity contribution in [2.45, 2.75) is 6.54 Å². The van der Waals surface area contributed by atoms with Crippen LogP contribution in [-0.4, -0.2) is 25.4 Å². The zero-order chi connectivity index (χ0) is 10.7. The fourth-order valence-corrected chi connectivity index (χ4v) is 1.34. The summed E-state index contributed by atoms with van der Waals surface area (Å²) in [5.74, 6) is 0.0560. The van der Waals surface area contributed by atoms with Crippen LogP contribution in [0, 0.1) is 0 Å². The number of tetrazole rings is 1. The molecule has 0 radical (unpaired) electrons. The van der Waals surface area contributed by atoms with E-state index in [1.807, 2.05) is 30.3 Å². The van der Waals surface area contributed by atoms with Crippen LogP contribution < -0.4 is 0 Å². The normalized spacial score (nSPS) is 10.2. The molecule has 1 heterocycles. The topological polar surface area (TPSA) is 60.7 Å². The number of carbonyl (C=O) groups excluding carboxylic acids is 1. The van der Waals surface area contributed by atoms with Crippen LogP contribution in [-0.2, 0) is 6.54 Å². The first-order chi connectivity index (χ1) is 7.27. The molecule has 0 saturated heterocycles. The van der Waals surface area contributed by atoms with E-state index in [2.05, 4.69) is 15.5 Å². The fraction of sp³-hybridized carbons (Fsp3) is 0.111. The van der Waals surface area contributed by atoms with Crippen LogP contribution in [0.5, 0.6) is 0 Å².